The Morgan fingerprint density at radius 3 is 2.71 bits per heavy atom. The molecule has 0 aliphatic rings. The van der Waals surface area contributed by atoms with Crippen LogP contribution in [-0.2, 0) is 14.3 Å². The van der Waals surface area contributed by atoms with Crippen molar-refractivity contribution < 1.29 is 18.7 Å². The standard InChI is InChI=1S/C15H19FN2O3/c1-3-9-18(11-15(20)21-4-2)10-14(19)17-13-8-6-5-7-12(13)16/h3,5-8H,1,4,9-11H2,2H3,(H,17,19). The quantitative estimate of drug-likeness (QED) is 0.587. The number of nitrogens with zero attached hydrogens (tertiary/aromatic N) is 1. The summed E-state index contributed by atoms with van der Waals surface area (Å²) in [6, 6.07) is 5.89. The zero-order chi connectivity index (χ0) is 15.7. The smallest absolute Gasteiger partial charge is 0.320 e. The molecule has 0 saturated carbocycles. The van der Waals surface area contributed by atoms with Gasteiger partial charge in [0.1, 0.15) is 5.82 Å². The van der Waals surface area contributed by atoms with Crippen molar-refractivity contribution in [2.75, 3.05) is 31.6 Å². The van der Waals surface area contributed by atoms with Crippen molar-refractivity contribution in [3.63, 3.8) is 0 Å². The number of rotatable bonds is 8. The van der Waals surface area contributed by atoms with Crippen LogP contribution in [0.5, 0.6) is 0 Å². The zero-order valence-corrected chi connectivity index (χ0v) is 12.0. The molecule has 0 atom stereocenters. The van der Waals surface area contributed by atoms with E-state index < -0.39 is 17.7 Å². The summed E-state index contributed by atoms with van der Waals surface area (Å²) in [5.74, 6) is -1.34. The Balaban J connectivity index is 2.58. The minimum absolute atomic E-state index is 0.0233. The van der Waals surface area contributed by atoms with Gasteiger partial charge in [-0.25, -0.2) is 4.39 Å². The third kappa shape index (κ3) is 6.18. The monoisotopic (exact) mass is 294 g/mol. The van der Waals surface area contributed by atoms with E-state index in [0.29, 0.717) is 6.54 Å². The Morgan fingerprint density at radius 1 is 1.38 bits per heavy atom. The van der Waals surface area contributed by atoms with Crippen LogP contribution in [0.25, 0.3) is 0 Å². The largest absolute Gasteiger partial charge is 0.465 e. The van der Waals surface area contributed by atoms with Crippen molar-refractivity contribution in [2.24, 2.45) is 0 Å². The molecule has 1 aromatic rings. The normalized spacial score (nSPS) is 10.2. The fraction of sp³-hybridized carbons (Fsp3) is 0.333. The van der Waals surface area contributed by atoms with E-state index in [-0.39, 0.29) is 25.4 Å². The second-order valence-corrected chi connectivity index (χ2v) is 4.29. The van der Waals surface area contributed by atoms with E-state index in [1.165, 1.54) is 18.2 Å². The van der Waals surface area contributed by atoms with Gasteiger partial charge >= 0.3 is 5.97 Å². The Labute approximate surface area is 123 Å². The third-order valence-electron chi connectivity index (χ3n) is 2.56. The number of para-hydroxylation sites is 1. The van der Waals surface area contributed by atoms with Gasteiger partial charge in [-0.3, -0.25) is 14.5 Å². The minimum atomic E-state index is -0.508. The van der Waals surface area contributed by atoms with Gasteiger partial charge < -0.3 is 10.1 Å². The van der Waals surface area contributed by atoms with Gasteiger partial charge in [0.25, 0.3) is 0 Å². The second-order valence-electron chi connectivity index (χ2n) is 4.29. The molecule has 5 nitrogen and oxygen atoms in total. The van der Waals surface area contributed by atoms with Gasteiger partial charge in [0, 0.05) is 6.54 Å². The first kappa shape index (κ1) is 16.8. The van der Waals surface area contributed by atoms with Crippen LogP contribution in [0.2, 0.25) is 0 Å². The van der Waals surface area contributed by atoms with Crippen LogP contribution in [0.4, 0.5) is 10.1 Å². The molecule has 1 N–H and O–H groups in total. The molecule has 114 valence electrons. The molecule has 6 heteroatoms. The molecule has 1 rings (SSSR count). The van der Waals surface area contributed by atoms with E-state index in [2.05, 4.69) is 11.9 Å². The maximum Gasteiger partial charge on any atom is 0.320 e. The number of carbonyl (C=O) groups excluding carboxylic acids is 2. The molecule has 1 amide bonds. The van der Waals surface area contributed by atoms with E-state index in [1.54, 1.807) is 24.0 Å². The van der Waals surface area contributed by atoms with Crippen molar-refractivity contribution in [1.82, 2.24) is 4.90 Å². The Morgan fingerprint density at radius 2 is 2.10 bits per heavy atom. The first-order valence-electron chi connectivity index (χ1n) is 6.60. The van der Waals surface area contributed by atoms with Crippen LogP contribution >= 0.6 is 0 Å². The highest BCUT2D eigenvalue weighted by atomic mass is 19.1. The van der Waals surface area contributed by atoms with Crippen molar-refractivity contribution in [2.45, 2.75) is 6.92 Å². The number of nitrogens with one attached hydrogen (secondary N) is 1. The van der Waals surface area contributed by atoms with Crippen LogP contribution in [-0.4, -0.2) is 43.0 Å². The number of amides is 1. The summed E-state index contributed by atoms with van der Waals surface area (Å²) >= 11 is 0. The van der Waals surface area contributed by atoms with E-state index in [1.807, 2.05) is 0 Å². The summed E-state index contributed by atoms with van der Waals surface area (Å²) in [7, 11) is 0. The number of esters is 1. The summed E-state index contributed by atoms with van der Waals surface area (Å²) in [5.41, 5.74) is 0.109. The van der Waals surface area contributed by atoms with Gasteiger partial charge in [-0.15, -0.1) is 6.58 Å². The van der Waals surface area contributed by atoms with Crippen LogP contribution < -0.4 is 5.32 Å². The van der Waals surface area contributed by atoms with Crippen LogP contribution in [0, 0.1) is 5.82 Å². The fourth-order valence-electron chi connectivity index (χ4n) is 1.71. The molecule has 0 aliphatic carbocycles. The molecular weight excluding hydrogens is 275 g/mol. The average Bonchev–Trinajstić information content (AvgIpc) is 2.41. The predicted molar refractivity (Wildman–Crippen MR) is 78.3 cm³/mol. The summed E-state index contributed by atoms with van der Waals surface area (Å²) in [6.45, 7) is 5.83. The van der Waals surface area contributed by atoms with E-state index in [9.17, 15) is 14.0 Å². The van der Waals surface area contributed by atoms with Crippen molar-refractivity contribution in [3.05, 3.63) is 42.7 Å². The number of anilines is 1. The number of halogens is 1. The van der Waals surface area contributed by atoms with Gasteiger partial charge in [0.15, 0.2) is 0 Å². The first-order chi connectivity index (χ1) is 10.1. The summed E-state index contributed by atoms with van der Waals surface area (Å²) < 4.78 is 18.3. The lowest BCUT2D eigenvalue weighted by Gasteiger charge is -2.19. The fourth-order valence-corrected chi connectivity index (χ4v) is 1.71. The maximum atomic E-state index is 13.4. The van der Waals surface area contributed by atoms with Crippen LogP contribution in [0.15, 0.2) is 36.9 Å². The topological polar surface area (TPSA) is 58.6 Å². The second kappa shape index (κ2) is 8.86. The molecule has 0 aromatic heterocycles. The molecule has 0 radical (unpaired) electrons. The molecule has 0 heterocycles. The van der Waals surface area contributed by atoms with Gasteiger partial charge in [0.05, 0.1) is 25.4 Å². The number of hydrogen-bond donors (Lipinski definition) is 1. The highest BCUT2D eigenvalue weighted by Crippen LogP contribution is 2.12. The van der Waals surface area contributed by atoms with Crippen molar-refractivity contribution >= 4 is 17.6 Å². The Hall–Kier alpha value is -2.21. The number of ether oxygens (including phenoxy) is 1. The van der Waals surface area contributed by atoms with Crippen LogP contribution in [0.3, 0.4) is 0 Å². The highest BCUT2D eigenvalue weighted by molar-refractivity contribution is 5.92. The maximum absolute atomic E-state index is 13.4. The molecule has 1 aromatic carbocycles. The number of hydrogen-bond acceptors (Lipinski definition) is 4. The van der Waals surface area contributed by atoms with Crippen molar-refractivity contribution in [3.8, 4) is 0 Å². The molecular formula is C15H19FN2O3. The molecule has 0 saturated heterocycles. The van der Waals surface area contributed by atoms with Crippen molar-refractivity contribution in [1.29, 1.82) is 0 Å². The molecule has 0 unspecified atom stereocenters. The SMILES string of the molecule is C=CCN(CC(=O)Nc1ccccc1F)CC(=O)OCC. The molecule has 0 aliphatic heterocycles. The van der Waals surface area contributed by atoms with Crippen LogP contribution in [0.1, 0.15) is 6.92 Å². The average molecular weight is 294 g/mol. The summed E-state index contributed by atoms with van der Waals surface area (Å²) in [4.78, 5) is 24.9. The third-order valence-corrected chi connectivity index (χ3v) is 2.56. The number of carbonyl (C=O) groups is 2. The first-order valence-corrected chi connectivity index (χ1v) is 6.60. The summed E-state index contributed by atoms with van der Waals surface area (Å²) in [5, 5.41) is 2.46. The van der Waals surface area contributed by atoms with Gasteiger partial charge in [0.2, 0.25) is 5.91 Å². The Kier molecular flexibility index (Phi) is 7.11. The molecule has 0 spiro atoms. The lowest BCUT2D eigenvalue weighted by atomic mass is 10.3. The van der Waals surface area contributed by atoms with E-state index >= 15 is 0 Å². The Bertz CT molecular complexity index is 505. The lowest BCUT2D eigenvalue weighted by Crippen LogP contribution is -2.37. The van der Waals surface area contributed by atoms with E-state index in [4.69, 9.17) is 4.74 Å². The lowest BCUT2D eigenvalue weighted by molar-refractivity contribution is -0.144. The molecule has 0 fully saturated rings. The number of benzene rings is 1. The van der Waals surface area contributed by atoms with E-state index in [0.717, 1.165) is 0 Å². The molecule has 0 bridgehead atoms. The predicted octanol–water partition coefficient (Wildman–Crippen LogP) is 1.82. The minimum Gasteiger partial charge on any atom is -0.465 e. The van der Waals surface area contributed by atoms with Gasteiger partial charge in [-0.2, -0.15) is 0 Å². The summed E-state index contributed by atoms with van der Waals surface area (Å²) in [6.07, 6.45) is 1.58. The van der Waals surface area contributed by atoms with Gasteiger partial charge in [-0.1, -0.05) is 18.2 Å². The highest BCUT2D eigenvalue weighted by Gasteiger charge is 2.15. The zero-order valence-electron chi connectivity index (χ0n) is 12.0. The van der Waals surface area contributed by atoms with Gasteiger partial charge in [-0.05, 0) is 19.1 Å². The molecule has 21 heavy (non-hydrogen) atoms.